The number of nitrogens with one attached hydrogen (secondary N) is 1. The van der Waals surface area contributed by atoms with E-state index in [-0.39, 0.29) is 18.3 Å². The summed E-state index contributed by atoms with van der Waals surface area (Å²) in [6, 6.07) is 4.78. The van der Waals surface area contributed by atoms with Gasteiger partial charge in [-0.2, -0.15) is 0 Å². The zero-order chi connectivity index (χ0) is 11.3. The second-order valence-corrected chi connectivity index (χ2v) is 3.87. The molecule has 6 heteroatoms. The Morgan fingerprint density at radius 1 is 1.38 bits per heavy atom. The molecule has 0 radical (unpaired) electrons. The van der Waals surface area contributed by atoms with Crippen molar-refractivity contribution in [3.8, 4) is 0 Å². The van der Waals surface area contributed by atoms with E-state index in [1.165, 1.54) is 0 Å². The van der Waals surface area contributed by atoms with E-state index in [1.807, 2.05) is 0 Å². The van der Waals surface area contributed by atoms with Crippen LogP contribution in [-0.4, -0.2) is 19.0 Å². The van der Waals surface area contributed by atoms with Gasteiger partial charge in [0, 0.05) is 11.6 Å². The second-order valence-electron chi connectivity index (χ2n) is 3.02. The van der Waals surface area contributed by atoms with Crippen LogP contribution in [-0.2, 0) is 0 Å². The Kier molecular flexibility index (Phi) is 7.51. The van der Waals surface area contributed by atoms with E-state index in [0.717, 1.165) is 6.42 Å². The van der Waals surface area contributed by atoms with E-state index >= 15 is 0 Å². The van der Waals surface area contributed by atoms with Gasteiger partial charge in [-0.3, -0.25) is 4.79 Å². The standard InChI is InChI=1S/C10H12Cl2N2O.ClH/c11-7-2-3-9(12)8(6-7)10(15)14-5-1-4-13;/h2-3,6H,1,4-5,13H2,(H,14,15);1H. The van der Waals surface area contributed by atoms with Crippen molar-refractivity contribution in [1.29, 1.82) is 0 Å². The van der Waals surface area contributed by atoms with Crippen molar-refractivity contribution in [3.63, 3.8) is 0 Å². The molecule has 1 aromatic rings. The van der Waals surface area contributed by atoms with Crippen LogP contribution in [0.2, 0.25) is 10.0 Å². The topological polar surface area (TPSA) is 55.1 Å². The van der Waals surface area contributed by atoms with Gasteiger partial charge in [-0.05, 0) is 31.2 Å². The number of amides is 1. The van der Waals surface area contributed by atoms with Gasteiger partial charge in [-0.25, -0.2) is 0 Å². The Morgan fingerprint density at radius 2 is 2.06 bits per heavy atom. The first-order valence-corrected chi connectivity index (χ1v) is 5.34. The molecule has 1 aromatic carbocycles. The van der Waals surface area contributed by atoms with Crippen molar-refractivity contribution in [2.75, 3.05) is 13.1 Å². The molecule has 90 valence electrons. The fourth-order valence-electron chi connectivity index (χ4n) is 1.07. The SMILES string of the molecule is Cl.NCCCNC(=O)c1cc(Cl)ccc1Cl. The Hall–Kier alpha value is -0.480. The van der Waals surface area contributed by atoms with Crippen molar-refractivity contribution >= 4 is 41.5 Å². The molecule has 0 aromatic heterocycles. The van der Waals surface area contributed by atoms with E-state index in [0.29, 0.717) is 28.7 Å². The lowest BCUT2D eigenvalue weighted by atomic mass is 10.2. The van der Waals surface area contributed by atoms with E-state index in [1.54, 1.807) is 18.2 Å². The van der Waals surface area contributed by atoms with Gasteiger partial charge >= 0.3 is 0 Å². The van der Waals surface area contributed by atoms with Gasteiger partial charge in [-0.1, -0.05) is 23.2 Å². The number of nitrogens with two attached hydrogens (primary N) is 1. The fraction of sp³-hybridized carbons (Fsp3) is 0.300. The second kappa shape index (κ2) is 7.74. The predicted molar refractivity (Wildman–Crippen MR) is 69.7 cm³/mol. The maximum absolute atomic E-state index is 11.6. The van der Waals surface area contributed by atoms with Crippen LogP contribution < -0.4 is 11.1 Å². The summed E-state index contributed by atoms with van der Waals surface area (Å²) in [4.78, 5) is 11.6. The zero-order valence-electron chi connectivity index (χ0n) is 8.50. The number of carbonyl (C=O) groups excluding carboxylic acids is 1. The van der Waals surface area contributed by atoms with Gasteiger partial charge in [0.2, 0.25) is 0 Å². The smallest absolute Gasteiger partial charge is 0.252 e. The van der Waals surface area contributed by atoms with Crippen LogP contribution in [0.3, 0.4) is 0 Å². The summed E-state index contributed by atoms with van der Waals surface area (Å²) >= 11 is 11.6. The van der Waals surface area contributed by atoms with Crippen LogP contribution in [0, 0.1) is 0 Å². The molecule has 16 heavy (non-hydrogen) atoms. The third-order valence-corrected chi connectivity index (χ3v) is 2.40. The lowest BCUT2D eigenvalue weighted by Gasteiger charge is -2.06. The maximum Gasteiger partial charge on any atom is 0.252 e. The highest BCUT2D eigenvalue weighted by Crippen LogP contribution is 2.20. The molecule has 0 unspecified atom stereocenters. The van der Waals surface area contributed by atoms with Gasteiger partial charge < -0.3 is 11.1 Å². The average molecular weight is 284 g/mol. The minimum absolute atomic E-state index is 0. The molecule has 0 bridgehead atoms. The van der Waals surface area contributed by atoms with Crippen molar-refractivity contribution in [3.05, 3.63) is 33.8 Å². The van der Waals surface area contributed by atoms with Crippen LogP contribution in [0.1, 0.15) is 16.8 Å². The minimum atomic E-state index is -0.226. The molecule has 0 saturated heterocycles. The number of benzene rings is 1. The molecule has 0 saturated carbocycles. The molecule has 3 N–H and O–H groups in total. The third kappa shape index (κ3) is 4.58. The van der Waals surface area contributed by atoms with E-state index < -0.39 is 0 Å². The molecule has 1 amide bonds. The summed E-state index contributed by atoms with van der Waals surface area (Å²) in [5, 5.41) is 3.59. The first-order chi connectivity index (χ1) is 7.15. The normalized spacial score (nSPS) is 9.44. The molecule has 1 rings (SSSR count). The highest BCUT2D eigenvalue weighted by Gasteiger charge is 2.09. The summed E-state index contributed by atoms with van der Waals surface area (Å²) in [6.07, 6.45) is 0.740. The summed E-state index contributed by atoms with van der Waals surface area (Å²) in [6.45, 7) is 1.09. The quantitative estimate of drug-likeness (QED) is 0.834. The van der Waals surface area contributed by atoms with Crippen molar-refractivity contribution in [1.82, 2.24) is 5.32 Å². The van der Waals surface area contributed by atoms with Crippen LogP contribution in [0.5, 0.6) is 0 Å². The molecule has 0 atom stereocenters. The molecule has 0 fully saturated rings. The number of rotatable bonds is 4. The van der Waals surface area contributed by atoms with E-state index in [9.17, 15) is 4.79 Å². The largest absolute Gasteiger partial charge is 0.352 e. The number of hydrogen-bond acceptors (Lipinski definition) is 2. The molecule has 0 aliphatic carbocycles. The minimum Gasteiger partial charge on any atom is -0.352 e. The molecule has 3 nitrogen and oxygen atoms in total. The summed E-state index contributed by atoms with van der Waals surface area (Å²) in [5.41, 5.74) is 5.70. The molecule has 0 spiro atoms. The summed E-state index contributed by atoms with van der Waals surface area (Å²) in [7, 11) is 0. The first-order valence-electron chi connectivity index (χ1n) is 4.58. The molecular weight excluding hydrogens is 270 g/mol. The number of hydrogen-bond donors (Lipinski definition) is 2. The number of carbonyl (C=O) groups is 1. The number of halogens is 3. The maximum atomic E-state index is 11.6. The average Bonchev–Trinajstić information content (AvgIpc) is 2.22. The third-order valence-electron chi connectivity index (χ3n) is 1.84. The van der Waals surface area contributed by atoms with E-state index in [2.05, 4.69) is 5.32 Å². The lowest BCUT2D eigenvalue weighted by molar-refractivity contribution is 0.0953. The molecule has 0 aliphatic heterocycles. The van der Waals surface area contributed by atoms with Gasteiger partial charge in [-0.15, -0.1) is 12.4 Å². The monoisotopic (exact) mass is 282 g/mol. The Balaban J connectivity index is 0.00000225. The summed E-state index contributed by atoms with van der Waals surface area (Å²) < 4.78 is 0. The summed E-state index contributed by atoms with van der Waals surface area (Å²) in [5.74, 6) is -0.226. The van der Waals surface area contributed by atoms with Gasteiger partial charge in [0.15, 0.2) is 0 Å². The van der Waals surface area contributed by atoms with Crippen LogP contribution in [0.15, 0.2) is 18.2 Å². The van der Waals surface area contributed by atoms with Gasteiger partial charge in [0.25, 0.3) is 5.91 Å². The van der Waals surface area contributed by atoms with Crippen molar-refractivity contribution in [2.45, 2.75) is 6.42 Å². The van der Waals surface area contributed by atoms with Gasteiger partial charge in [0.1, 0.15) is 0 Å². The van der Waals surface area contributed by atoms with Crippen LogP contribution in [0.4, 0.5) is 0 Å². The Morgan fingerprint density at radius 3 is 2.69 bits per heavy atom. The van der Waals surface area contributed by atoms with Crippen LogP contribution in [0.25, 0.3) is 0 Å². The Bertz CT molecular complexity index is 358. The van der Waals surface area contributed by atoms with Crippen molar-refractivity contribution in [2.24, 2.45) is 5.73 Å². The van der Waals surface area contributed by atoms with E-state index in [4.69, 9.17) is 28.9 Å². The predicted octanol–water partition coefficient (Wildman–Crippen LogP) is 2.49. The molecule has 0 aliphatic rings. The molecular formula is C10H13Cl3N2O. The van der Waals surface area contributed by atoms with Gasteiger partial charge in [0.05, 0.1) is 10.6 Å². The van der Waals surface area contributed by atoms with Crippen molar-refractivity contribution < 1.29 is 4.79 Å². The Labute approximate surface area is 111 Å². The molecule has 0 heterocycles. The zero-order valence-corrected chi connectivity index (χ0v) is 10.8. The highest BCUT2D eigenvalue weighted by molar-refractivity contribution is 6.35. The highest BCUT2D eigenvalue weighted by atomic mass is 35.5. The van der Waals surface area contributed by atoms with Crippen LogP contribution >= 0.6 is 35.6 Å². The fourth-order valence-corrected chi connectivity index (χ4v) is 1.45. The lowest BCUT2D eigenvalue weighted by Crippen LogP contribution is -2.26. The first kappa shape index (κ1) is 15.5.